The molecular formula is C21H25F3N6O. The Morgan fingerprint density at radius 3 is 2.19 bits per heavy atom. The maximum Gasteiger partial charge on any atom is 0.433 e. The number of likely N-dealkylation sites (tertiary alicyclic amines) is 1. The lowest BCUT2D eigenvalue weighted by Crippen LogP contribution is -2.48. The van der Waals surface area contributed by atoms with Crippen molar-refractivity contribution < 1.29 is 18.0 Å². The van der Waals surface area contributed by atoms with Gasteiger partial charge in [-0.2, -0.15) is 13.2 Å². The SMILES string of the molecule is CN(C)c1cc(N(C2CC2)C2CCN(C(=O)c3ccc(C(F)(F)F)nc3)CC2)ncn1. The van der Waals surface area contributed by atoms with Crippen LogP contribution < -0.4 is 9.80 Å². The summed E-state index contributed by atoms with van der Waals surface area (Å²) in [5.74, 6) is 1.46. The van der Waals surface area contributed by atoms with Crippen molar-refractivity contribution in [3.8, 4) is 0 Å². The lowest BCUT2D eigenvalue weighted by Gasteiger charge is -2.39. The standard InChI is InChI=1S/C21H25F3N6O/c1-28(2)18-11-19(27-13-26-18)30(15-4-5-15)16-7-9-29(10-8-16)20(31)14-3-6-17(25-12-14)21(22,23)24/h3,6,11-13,15-16H,4-5,7-10H2,1-2H3. The quantitative estimate of drug-likeness (QED) is 0.720. The molecule has 0 radical (unpaired) electrons. The number of carbonyl (C=O) groups is 1. The van der Waals surface area contributed by atoms with Crippen molar-refractivity contribution >= 4 is 17.5 Å². The molecule has 0 unspecified atom stereocenters. The highest BCUT2D eigenvalue weighted by Gasteiger charge is 2.37. The Morgan fingerprint density at radius 1 is 1.00 bits per heavy atom. The molecule has 7 nitrogen and oxygen atoms in total. The number of aromatic nitrogens is 3. The van der Waals surface area contributed by atoms with Crippen LogP contribution >= 0.6 is 0 Å². The number of alkyl halides is 3. The summed E-state index contributed by atoms with van der Waals surface area (Å²) >= 11 is 0. The normalized spacial score (nSPS) is 17.5. The Bertz CT molecular complexity index is 921. The molecule has 1 aliphatic heterocycles. The van der Waals surface area contributed by atoms with E-state index in [1.54, 1.807) is 11.2 Å². The van der Waals surface area contributed by atoms with Crippen LogP contribution in [0, 0.1) is 0 Å². The van der Waals surface area contributed by atoms with Crippen molar-refractivity contribution in [1.29, 1.82) is 0 Å². The highest BCUT2D eigenvalue weighted by atomic mass is 19.4. The Hall–Kier alpha value is -2.91. The second-order valence-electron chi connectivity index (χ2n) is 8.22. The monoisotopic (exact) mass is 434 g/mol. The van der Waals surface area contributed by atoms with Gasteiger partial charge in [0, 0.05) is 51.5 Å². The molecule has 0 aromatic carbocycles. The minimum Gasteiger partial charge on any atom is -0.363 e. The first-order valence-electron chi connectivity index (χ1n) is 10.3. The summed E-state index contributed by atoms with van der Waals surface area (Å²) < 4.78 is 38.1. The largest absolute Gasteiger partial charge is 0.433 e. The van der Waals surface area contributed by atoms with Gasteiger partial charge in [0.25, 0.3) is 5.91 Å². The fourth-order valence-corrected chi connectivity index (χ4v) is 3.97. The van der Waals surface area contributed by atoms with Gasteiger partial charge in [0.2, 0.25) is 0 Å². The van der Waals surface area contributed by atoms with Crippen LogP contribution in [-0.2, 0) is 6.18 Å². The number of nitrogens with zero attached hydrogens (tertiary/aromatic N) is 6. The van der Waals surface area contributed by atoms with Crippen LogP contribution in [0.4, 0.5) is 24.8 Å². The number of rotatable bonds is 5. The van der Waals surface area contributed by atoms with Gasteiger partial charge in [-0.05, 0) is 37.8 Å². The first kappa shape index (κ1) is 21.3. The van der Waals surface area contributed by atoms with E-state index >= 15 is 0 Å². The number of hydrogen-bond donors (Lipinski definition) is 0. The zero-order valence-corrected chi connectivity index (χ0v) is 17.5. The van der Waals surface area contributed by atoms with Crippen LogP contribution in [0.5, 0.6) is 0 Å². The van der Waals surface area contributed by atoms with E-state index in [1.165, 1.54) is 6.07 Å². The number of anilines is 2. The van der Waals surface area contributed by atoms with Crippen molar-refractivity contribution in [3.63, 3.8) is 0 Å². The first-order chi connectivity index (χ1) is 14.7. The zero-order chi connectivity index (χ0) is 22.2. The average Bonchev–Trinajstić information content (AvgIpc) is 3.59. The van der Waals surface area contributed by atoms with Gasteiger partial charge in [0.05, 0.1) is 5.56 Å². The fourth-order valence-electron chi connectivity index (χ4n) is 3.97. The van der Waals surface area contributed by atoms with Gasteiger partial charge in [0.1, 0.15) is 23.7 Å². The van der Waals surface area contributed by atoms with Crippen molar-refractivity contribution in [2.75, 3.05) is 37.0 Å². The number of hydrogen-bond acceptors (Lipinski definition) is 6. The molecule has 1 saturated heterocycles. The maximum absolute atomic E-state index is 12.7. The summed E-state index contributed by atoms with van der Waals surface area (Å²) in [5.41, 5.74) is -0.818. The summed E-state index contributed by atoms with van der Waals surface area (Å²) in [5, 5.41) is 0. The predicted molar refractivity (Wildman–Crippen MR) is 110 cm³/mol. The molecule has 0 bridgehead atoms. The highest BCUT2D eigenvalue weighted by molar-refractivity contribution is 5.94. The van der Waals surface area contributed by atoms with Crippen LogP contribution in [0.25, 0.3) is 0 Å². The van der Waals surface area contributed by atoms with Gasteiger partial charge < -0.3 is 14.7 Å². The minimum atomic E-state index is -4.51. The molecule has 0 atom stereocenters. The molecule has 2 fully saturated rings. The number of pyridine rings is 1. The molecule has 4 rings (SSSR count). The summed E-state index contributed by atoms with van der Waals surface area (Å²) in [6.45, 7) is 1.08. The van der Waals surface area contributed by atoms with Crippen molar-refractivity contribution in [1.82, 2.24) is 19.9 Å². The Kier molecular flexibility index (Phi) is 5.72. The highest BCUT2D eigenvalue weighted by Crippen LogP contribution is 2.36. The summed E-state index contributed by atoms with van der Waals surface area (Å²) in [6, 6.07) is 4.75. The van der Waals surface area contributed by atoms with Gasteiger partial charge in [-0.25, -0.2) is 9.97 Å². The maximum atomic E-state index is 12.7. The van der Waals surface area contributed by atoms with Crippen LogP contribution in [-0.4, -0.2) is 65.0 Å². The number of amides is 1. The molecular weight excluding hydrogens is 409 g/mol. The van der Waals surface area contributed by atoms with Gasteiger partial charge in [-0.15, -0.1) is 0 Å². The van der Waals surface area contributed by atoms with E-state index in [1.807, 2.05) is 25.1 Å². The molecule has 1 saturated carbocycles. The van der Waals surface area contributed by atoms with E-state index in [-0.39, 0.29) is 17.5 Å². The average molecular weight is 434 g/mol. The van der Waals surface area contributed by atoms with Gasteiger partial charge in [-0.1, -0.05) is 0 Å². The molecule has 2 aromatic rings. The van der Waals surface area contributed by atoms with E-state index in [2.05, 4.69) is 19.9 Å². The smallest absolute Gasteiger partial charge is 0.363 e. The minimum absolute atomic E-state index is 0.178. The van der Waals surface area contributed by atoms with E-state index in [0.717, 1.165) is 49.6 Å². The third kappa shape index (κ3) is 4.72. The summed E-state index contributed by atoms with van der Waals surface area (Å²) in [4.78, 5) is 30.9. The summed E-state index contributed by atoms with van der Waals surface area (Å²) in [6.07, 6.45) is 1.87. The van der Waals surface area contributed by atoms with Gasteiger partial charge in [-0.3, -0.25) is 9.78 Å². The number of piperidine rings is 1. The lowest BCUT2D eigenvalue weighted by molar-refractivity contribution is -0.141. The Balaban J connectivity index is 1.42. The van der Waals surface area contributed by atoms with Crippen LogP contribution in [0.2, 0.25) is 0 Å². The van der Waals surface area contributed by atoms with Gasteiger partial charge in [0.15, 0.2) is 0 Å². The molecule has 3 heterocycles. The van der Waals surface area contributed by atoms with E-state index in [0.29, 0.717) is 19.1 Å². The zero-order valence-electron chi connectivity index (χ0n) is 17.5. The molecule has 31 heavy (non-hydrogen) atoms. The summed E-state index contributed by atoms with van der Waals surface area (Å²) in [7, 11) is 3.88. The van der Waals surface area contributed by atoms with E-state index in [9.17, 15) is 18.0 Å². The molecule has 1 aliphatic carbocycles. The van der Waals surface area contributed by atoms with Crippen molar-refractivity contribution in [2.24, 2.45) is 0 Å². The fraction of sp³-hybridized carbons (Fsp3) is 0.524. The van der Waals surface area contributed by atoms with Crippen molar-refractivity contribution in [3.05, 3.63) is 42.0 Å². The van der Waals surface area contributed by atoms with Crippen LogP contribution in [0.3, 0.4) is 0 Å². The molecule has 166 valence electrons. The predicted octanol–water partition coefficient (Wildman–Crippen LogP) is 3.23. The van der Waals surface area contributed by atoms with E-state index in [4.69, 9.17) is 0 Å². The Morgan fingerprint density at radius 2 is 1.65 bits per heavy atom. The number of carbonyl (C=O) groups excluding carboxylic acids is 1. The second-order valence-corrected chi connectivity index (χ2v) is 8.22. The first-order valence-corrected chi connectivity index (χ1v) is 10.3. The van der Waals surface area contributed by atoms with Crippen LogP contribution in [0.15, 0.2) is 30.7 Å². The molecule has 1 amide bonds. The number of halogens is 3. The molecule has 0 spiro atoms. The molecule has 2 aliphatic rings. The van der Waals surface area contributed by atoms with Crippen molar-refractivity contribution in [2.45, 2.75) is 43.9 Å². The van der Waals surface area contributed by atoms with Crippen LogP contribution in [0.1, 0.15) is 41.7 Å². The third-order valence-electron chi connectivity index (χ3n) is 5.75. The lowest BCUT2D eigenvalue weighted by atomic mass is 10.0. The molecule has 2 aromatic heterocycles. The molecule has 0 N–H and O–H groups in total. The molecule has 10 heteroatoms. The Labute approximate surface area is 178 Å². The van der Waals surface area contributed by atoms with E-state index < -0.39 is 11.9 Å². The van der Waals surface area contributed by atoms with Gasteiger partial charge >= 0.3 is 6.18 Å². The topological polar surface area (TPSA) is 65.5 Å². The second kappa shape index (κ2) is 8.32. The third-order valence-corrected chi connectivity index (χ3v) is 5.75.